The summed E-state index contributed by atoms with van der Waals surface area (Å²) in [7, 11) is 0. The van der Waals surface area contributed by atoms with Crippen molar-refractivity contribution >= 4 is 27.3 Å². The third kappa shape index (κ3) is 2.71. The Morgan fingerprint density at radius 1 is 1.37 bits per heavy atom. The van der Waals surface area contributed by atoms with Gasteiger partial charge in [-0.3, -0.25) is 0 Å². The van der Waals surface area contributed by atoms with Crippen LogP contribution in [-0.2, 0) is 6.42 Å². The lowest BCUT2D eigenvalue weighted by Gasteiger charge is -2.17. The van der Waals surface area contributed by atoms with Crippen molar-refractivity contribution in [2.75, 3.05) is 13.2 Å². The van der Waals surface area contributed by atoms with E-state index < -0.39 is 0 Å². The minimum absolute atomic E-state index is 0.271. The van der Waals surface area contributed by atoms with E-state index in [0.717, 1.165) is 25.3 Å². The molecule has 4 heteroatoms. The molecule has 0 bridgehead atoms. The molecule has 0 saturated heterocycles. The van der Waals surface area contributed by atoms with Gasteiger partial charge >= 0.3 is 0 Å². The summed E-state index contributed by atoms with van der Waals surface area (Å²) >= 11 is 5.33. The van der Waals surface area contributed by atoms with Crippen molar-refractivity contribution in [1.29, 1.82) is 0 Å². The van der Waals surface area contributed by atoms with E-state index in [1.165, 1.54) is 19.8 Å². The second kappa shape index (κ2) is 5.65. The summed E-state index contributed by atoms with van der Waals surface area (Å²) in [5, 5.41) is 3.57. The van der Waals surface area contributed by atoms with Gasteiger partial charge in [-0.15, -0.1) is 11.3 Å². The van der Waals surface area contributed by atoms with E-state index in [1.807, 2.05) is 0 Å². The molecule has 0 spiro atoms. The normalized spacial score (nSPS) is 15.1. The van der Waals surface area contributed by atoms with Gasteiger partial charge in [0.25, 0.3) is 0 Å². The van der Waals surface area contributed by atoms with E-state index in [2.05, 4.69) is 58.5 Å². The summed E-state index contributed by atoms with van der Waals surface area (Å²) in [5.41, 5.74) is 2.65. The van der Waals surface area contributed by atoms with Gasteiger partial charge in [0.1, 0.15) is 5.75 Å². The zero-order chi connectivity index (χ0) is 13.2. The number of ether oxygens (including phenoxy) is 1. The van der Waals surface area contributed by atoms with Gasteiger partial charge in [-0.05, 0) is 51.8 Å². The molecule has 2 aromatic rings. The Hall–Kier alpha value is -0.840. The molecular formula is C15H16BrNOS. The summed E-state index contributed by atoms with van der Waals surface area (Å²) in [6.07, 6.45) is 1.02. The van der Waals surface area contributed by atoms with E-state index >= 15 is 0 Å². The quantitative estimate of drug-likeness (QED) is 0.904. The maximum atomic E-state index is 5.58. The summed E-state index contributed by atoms with van der Waals surface area (Å²) < 4.78 is 6.75. The first-order chi connectivity index (χ1) is 9.28. The Morgan fingerprint density at radius 2 is 2.26 bits per heavy atom. The minimum atomic E-state index is 0.271. The molecule has 2 nitrogen and oxygen atoms in total. The van der Waals surface area contributed by atoms with Crippen LogP contribution in [0.15, 0.2) is 34.1 Å². The number of halogens is 1. The van der Waals surface area contributed by atoms with Crippen LogP contribution in [0.4, 0.5) is 0 Å². The Balaban J connectivity index is 1.95. The van der Waals surface area contributed by atoms with Crippen LogP contribution in [0.3, 0.4) is 0 Å². The predicted molar refractivity (Wildman–Crippen MR) is 83.2 cm³/mol. The largest absolute Gasteiger partial charge is 0.493 e. The maximum Gasteiger partial charge on any atom is 0.122 e. The van der Waals surface area contributed by atoms with Gasteiger partial charge in [0.15, 0.2) is 0 Å². The minimum Gasteiger partial charge on any atom is -0.493 e. The van der Waals surface area contributed by atoms with Crippen molar-refractivity contribution in [2.24, 2.45) is 0 Å². The van der Waals surface area contributed by atoms with Crippen molar-refractivity contribution in [2.45, 2.75) is 19.4 Å². The van der Waals surface area contributed by atoms with Crippen LogP contribution in [0.5, 0.6) is 5.75 Å². The van der Waals surface area contributed by atoms with Gasteiger partial charge < -0.3 is 10.1 Å². The van der Waals surface area contributed by atoms with E-state index in [9.17, 15) is 0 Å². The molecule has 0 fully saturated rings. The molecule has 0 aliphatic carbocycles. The second-order valence-electron chi connectivity index (χ2n) is 4.60. The standard InChI is InChI=1S/C15H16BrNOS/c1-2-17-15(13-5-6-14(16)19-13)11-3-4-12-10(9-11)7-8-18-12/h3-6,9,15,17H,2,7-8H2,1H3. The molecule has 0 saturated carbocycles. The molecule has 1 aliphatic rings. The van der Waals surface area contributed by atoms with Crippen molar-refractivity contribution < 1.29 is 4.74 Å². The molecule has 1 aromatic carbocycles. The van der Waals surface area contributed by atoms with Crippen molar-refractivity contribution in [3.8, 4) is 5.75 Å². The molecule has 1 aliphatic heterocycles. The summed E-state index contributed by atoms with van der Waals surface area (Å²) in [6.45, 7) is 3.91. The first-order valence-corrected chi connectivity index (χ1v) is 8.13. The van der Waals surface area contributed by atoms with E-state index in [4.69, 9.17) is 4.74 Å². The highest BCUT2D eigenvalue weighted by Gasteiger charge is 2.19. The molecule has 1 aromatic heterocycles. The number of rotatable bonds is 4. The smallest absolute Gasteiger partial charge is 0.122 e. The highest BCUT2D eigenvalue weighted by Crippen LogP contribution is 2.34. The summed E-state index contributed by atoms with van der Waals surface area (Å²) in [4.78, 5) is 1.34. The van der Waals surface area contributed by atoms with Crippen LogP contribution >= 0.6 is 27.3 Å². The van der Waals surface area contributed by atoms with Gasteiger partial charge in [-0.25, -0.2) is 0 Å². The number of hydrogen-bond donors (Lipinski definition) is 1. The predicted octanol–water partition coefficient (Wildman–Crippen LogP) is 4.14. The fourth-order valence-electron chi connectivity index (χ4n) is 2.46. The third-order valence-corrected chi connectivity index (χ3v) is 5.02. The number of benzene rings is 1. The molecule has 1 N–H and O–H groups in total. The molecule has 0 radical (unpaired) electrons. The van der Waals surface area contributed by atoms with Crippen LogP contribution in [0.25, 0.3) is 0 Å². The van der Waals surface area contributed by atoms with Crippen LogP contribution in [0.1, 0.15) is 29.0 Å². The zero-order valence-corrected chi connectivity index (χ0v) is 13.2. The topological polar surface area (TPSA) is 21.3 Å². The van der Waals surface area contributed by atoms with Gasteiger partial charge in [0.2, 0.25) is 0 Å². The molecule has 0 amide bonds. The molecule has 3 rings (SSSR count). The Bertz CT molecular complexity index is 581. The average molecular weight is 338 g/mol. The molecule has 100 valence electrons. The van der Waals surface area contributed by atoms with Crippen molar-refractivity contribution in [1.82, 2.24) is 5.32 Å². The first kappa shape index (κ1) is 13.2. The van der Waals surface area contributed by atoms with Gasteiger partial charge in [0.05, 0.1) is 16.4 Å². The van der Waals surface area contributed by atoms with Gasteiger partial charge in [-0.1, -0.05) is 19.1 Å². The fraction of sp³-hybridized carbons (Fsp3) is 0.333. The molecule has 2 heterocycles. The van der Waals surface area contributed by atoms with Crippen LogP contribution in [0.2, 0.25) is 0 Å². The summed E-state index contributed by atoms with van der Waals surface area (Å²) in [6, 6.07) is 11.1. The van der Waals surface area contributed by atoms with E-state index in [-0.39, 0.29) is 6.04 Å². The van der Waals surface area contributed by atoms with E-state index in [1.54, 1.807) is 11.3 Å². The monoisotopic (exact) mass is 337 g/mol. The second-order valence-corrected chi connectivity index (χ2v) is 7.09. The van der Waals surface area contributed by atoms with E-state index in [0.29, 0.717) is 0 Å². The molecular weight excluding hydrogens is 322 g/mol. The number of nitrogens with one attached hydrogen (secondary N) is 1. The third-order valence-electron chi connectivity index (χ3n) is 3.33. The molecule has 19 heavy (non-hydrogen) atoms. The lowest BCUT2D eigenvalue weighted by Crippen LogP contribution is -2.21. The zero-order valence-electron chi connectivity index (χ0n) is 10.8. The lowest BCUT2D eigenvalue weighted by atomic mass is 10.0. The Morgan fingerprint density at radius 3 is 3.00 bits per heavy atom. The van der Waals surface area contributed by atoms with Crippen LogP contribution in [-0.4, -0.2) is 13.2 Å². The first-order valence-electron chi connectivity index (χ1n) is 6.52. The SMILES string of the molecule is CCNC(c1ccc2c(c1)CCO2)c1ccc(Br)s1. The lowest BCUT2D eigenvalue weighted by molar-refractivity contribution is 0.357. The highest BCUT2D eigenvalue weighted by atomic mass is 79.9. The Kier molecular flexibility index (Phi) is 3.91. The molecule has 1 atom stereocenters. The summed E-state index contributed by atoms with van der Waals surface area (Å²) in [5.74, 6) is 1.05. The Labute approximate surface area is 125 Å². The molecule has 1 unspecified atom stereocenters. The van der Waals surface area contributed by atoms with Crippen LogP contribution in [0, 0.1) is 0 Å². The fourth-order valence-corrected chi connectivity index (χ4v) is 3.98. The number of hydrogen-bond acceptors (Lipinski definition) is 3. The van der Waals surface area contributed by atoms with Crippen molar-refractivity contribution in [3.63, 3.8) is 0 Å². The number of thiophene rings is 1. The van der Waals surface area contributed by atoms with Crippen molar-refractivity contribution in [3.05, 3.63) is 50.1 Å². The maximum absolute atomic E-state index is 5.58. The van der Waals surface area contributed by atoms with Crippen LogP contribution < -0.4 is 10.1 Å². The average Bonchev–Trinajstić information content (AvgIpc) is 3.03. The number of fused-ring (bicyclic) bond motifs is 1. The van der Waals surface area contributed by atoms with Gasteiger partial charge in [0, 0.05) is 11.3 Å². The van der Waals surface area contributed by atoms with Gasteiger partial charge in [-0.2, -0.15) is 0 Å². The highest BCUT2D eigenvalue weighted by molar-refractivity contribution is 9.11.